The molecular formula is C21H42N4O2. The smallest absolute Gasteiger partial charge is 0.191 e. The normalized spacial score (nSPS) is 20.4. The summed E-state index contributed by atoms with van der Waals surface area (Å²) in [5.74, 6) is 0.948. The fourth-order valence-corrected chi connectivity index (χ4v) is 3.74. The van der Waals surface area contributed by atoms with Crippen LogP contribution in [0.1, 0.15) is 64.7 Å². The summed E-state index contributed by atoms with van der Waals surface area (Å²) in [6.45, 7) is 10.7. The lowest BCUT2D eigenvalue weighted by molar-refractivity contribution is 0.0377. The van der Waals surface area contributed by atoms with Crippen LogP contribution in [-0.2, 0) is 9.47 Å². The first-order chi connectivity index (χ1) is 13.4. The van der Waals surface area contributed by atoms with Crippen molar-refractivity contribution in [1.29, 1.82) is 0 Å². The first-order valence-corrected chi connectivity index (χ1v) is 11.3. The van der Waals surface area contributed by atoms with Crippen molar-refractivity contribution in [2.45, 2.75) is 70.8 Å². The van der Waals surface area contributed by atoms with Gasteiger partial charge in [0.2, 0.25) is 0 Å². The molecule has 0 aromatic carbocycles. The molecule has 6 heteroatoms. The summed E-state index contributed by atoms with van der Waals surface area (Å²) < 4.78 is 11.5. The summed E-state index contributed by atoms with van der Waals surface area (Å²) in [7, 11) is 0. The Morgan fingerprint density at radius 1 is 1.04 bits per heavy atom. The Balaban J connectivity index is 1.49. The number of unbranched alkanes of at least 4 members (excludes halogenated alkanes) is 1. The highest BCUT2D eigenvalue weighted by Crippen LogP contribution is 2.19. The second-order valence-corrected chi connectivity index (χ2v) is 7.69. The lowest BCUT2D eigenvalue weighted by Gasteiger charge is -2.26. The van der Waals surface area contributed by atoms with Gasteiger partial charge in [-0.05, 0) is 39.0 Å². The zero-order valence-corrected chi connectivity index (χ0v) is 17.5. The van der Waals surface area contributed by atoms with E-state index in [2.05, 4.69) is 22.5 Å². The van der Waals surface area contributed by atoms with Gasteiger partial charge in [-0.2, -0.15) is 0 Å². The van der Waals surface area contributed by atoms with Crippen molar-refractivity contribution in [2.24, 2.45) is 4.99 Å². The molecule has 0 amide bonds. The van der Waals surface area contributed by atoms with E-state index in [1.165, 1.54) is 38.5 Å². The van der Waals surface area contributed by atoms with Crippen LogP contribution in [0.25, 0.3) is 0 Å². The zero-order valence-electron chi connectivity index (χ0n) is 17.5. The van der Waals surface area contributed by atoms with E-state index in [1.54, 1.807) is 0 Å². The molecule has 1 aliphatic carbocycles. The van der Waals surface area contributed by atoms with Gasteiger partial charge in [0.25, 0.3) is 0 Å². The van der Waals surface area contributed by atoms with Gasteiger partial charge in [0.05, 0.1) is 19.3 Å². The Kier molecular flexibility index (Phi) is 12.6. The lowest BCUT2D eigenvalue weighted by Crippen LogP contribution is -2.38. The highest BCUT2D eigenvalue weighted by atomic mass is 16.5. The third-order valence-electron chi connectivity index (χ3n) is 5.37. The van der Waals surface area contributed by atoms with Crippen molar-refractivity contribution in [3.05, 3.63) is 0 Å². The van der Waals surface area contributed by atoms with Gasteiger partial charge in [0.1, 0.15) is 0 Å². The van der Waals surface area contributed by atoms with E-state index < -0.39 is 0 Å². The van der Waals surface area contributed by atoms with E-state index in [-0.39, 0.29) is 0 Å². The first kappa shape index (κ1) is 22.4. The summed E-state index contributed by atoms with van der Waals surface area (Å²) in [5.41, 5.74) is 0. The zero-order chi connectivity index (χ0) is 19.0. The number of guanidine groups is 1. The van der Waals surface area contributed by atoms with Gasteiger partial charge in [0.15, 0.2) is 5.96 Å². The SMILES string of the molecule is CCNC(=NCCCN1CCOCC1)NCCCCOC1CCCCCC1. The summed E-state index contributed by atoms with van der Waals surface area (Å²) in [4.78, 5) is 7.17. The third-order valence-corrected chi connectivity index (χ3v) is 5.37. The van der Waals surface area contributed by atoms with Gasteiger partial charge in [0, 0.05) is 45.9 Å². The Morgan fingerprint density at radius 3 is 2.56 bits per heavy atom. The van der Waals surface area contributed by atoms with E-state index >= 15 is 0 Å². The van der Waals surface area contributed by atoms with Crippen LogP contribution in [0.4, 0.5) is 0 Å². The van der Waals surface area contributed by atoms with Crippen LogP contribution < -0.4 is 10.6 Å². The van der Waals surface area contributed by atoms with Gasteiger partial charge in [-0.25, -0.2) is 0 Å². The highest BCUT2D eigenvalue weighted by molar-refractivity contribution is 5.79. The molecule has 2 rings (SSSR count). The molecule has 1 saturated carbocycles. The number of nitrogens with one attached hydrogen (secondary N) is 2. The second-order valence-electron chi connectivity index (χ2n) is 7.69. The molecule has 1 aliphatic heterocycles. The second kappa shape index (κ2) is 15.1. The molecule has 27 heavy (non-hydrogen) atoms. The van der Waals surface area contributed by atoms with Gasteiger partial charge < -0.3 is 20.1 Å². The van der Waals surface area contributed by atoms with Crippen molar-refractivity contribution < 1.29 is 9.47 Å². The van der Waals surface area contributed by atoms with E-state index in [0.717, 1.165) is 84.3 Å². The minimum Gasteiger partial charge on any atom is -0.379 e. The topological polar surface area (TPSA) is 58.1 Å². The largest absolute Gasteiger partial charge is 0.379 e. The molecule has 0 radical (unpaired) electrons. The van der Waals surface area contributed by atoms with Gasteiger partial charge in [-0.15, -0.1) is 0 Å². The Labute approximate surface area is 166 Å². The van der Waals surface area contributed by atoms with Gasteiger partial charge in [-0.3, -0.25) is 9.89 Å². The predicted molar refractivity (Wildman–Crippen MR) is 113 cm³/mol. The molecule has 158 valence electrons. The van der Waals surface area contributed by atoms with Crippen LogP contribution in [0.2, 0.25) is 0 Å². The van der Waals surface area contributed by atoms with Crippen molar-refractivity contribution in [2.75, 3.05) is 59.1 Å². The maximum absolute atomic E-state index is 6.07. The average molecular weight is 383 g/mol. The molecule has 0 unspecified atom stereocenters. The van der Waals surface area contributed by atoms with Crippen LogP contribution in [-0.4, -0.2) is 76.1 Å². The van der Waals surface area contributed by atoms with Gasteiger partial charge in [-0.1, -0.05) is 25.7 Å². The third kappa shape index (κ3) is 10.9. The van der Waals surface area contributed by atoms with Crippen LogP contribution in [0, 0.1) is 0 Å². The van der Waals surface area contributed by atoms with Crippen LogP contribution >= 0.6 is 0 Å². The predicted octanol–water partition coefficient (Wildman–Crippen LogP) is 2.78. The Hall–Kier alpha value is -0.850. The summed E-state index contributed by atoms with van der Waals surface area (Å²) in [5, 5.41) is 6.80. The fraction of sp³-hybridized carbons (Fsp3) is 0.952. The van der Waals surface area contributed by atoms with Crippen molar-refractivity contribution >= 4 is 5.96 Å². The van der Waals surface area contributed by atoms with Crippen molar-refractivity contribution in [3.63, 3.8) is 0 Å². The average Bonchev–Trinajstić information content (AvgIpc) is 2.97. The molecular weight excluding hydrogens is 340 g/mol. The maximum Gasteiger partial charge on any atom is 0.191 e. The van der Waals surface area contributed by atoms with Crippen LogP contribution in [0.5, 0.6) is 0 Å². The standard InChI is InChI=1S/C21H42N4O2/c1-2-22-21(24-13-9-14-25-15-18-26-19-16-25)23-12-7-8-17-27-20-10-5-3-4-6-11-20/h20H,2-19H2,1H3,(H2,22,23,24). The molecule has 0 spiro atoms. The molecule has 1 heterocycles. The number of hydrogen-bond donors (Lipinski definition) is 2. The number of ether oxygens (including phenoxy) is 2. The summed E-state index contributed by atoms with van der Waals surface area (Å²) in [6.07, 6.45) is 11.9. The minimum absolute atomic E-state index is 0.519. The quantitative estimate of drug-likeness (QED) is 0.249. The molecule has 0 aromatic rings. The van der Waals surface area contributed by atoms with E-state index in [1.807, 2.05) is 0 Å². The molecule has 1 saturated heterocycles. The molecule has 0 atom stereocenters. The van der Waals surface area contributed by atoms with Crippen LogP contribution in [0.3, 0.4) is 0 Å². The van der Waals surface area contributed by atoms with E-state index in [0.29, 0.717) is 6.10 Å². The maximum atomic E-state index is 6.07. The van der Waals surface area contributed by atoms with Crippen molar-refractivity contribution in [3.8, 4) is 0 Å². The molecule has 2 N–H and O–H groups in total. The van der Waals surface area contributed by atoms with E-state index in [9.17, 15) is 0 Å². The van der Waals surface area contributed by atoms with Gasteiger partial charge >= 0.3 is 0 Å². The molecule has 2 fully saturated rings. The van der Waals surface area contributed by atoms with E-state index in [4.69, 9.17) is 14.5 Å². The monoisotopic (exact) mass is 382 g/mol. The van der Waals surface area contributed by atoms with Crippen molar-refractivity contribution in [1.82, 2.24) is 15.5 Å². The first-order valence-electron chi connectivity index (χ1n) is 11.3. The number of aliphatic imine (C=N–C) groups is 1. The lowest BCUT2D eigenvalue weighted by atomic mass is 10.1. The number of morpholine rings is 1. The summed E-state index contributed by atoms with van der Waals surface area (Å²) >= 11 is 0. The minimum atomic E-state index is 0.519. The van der Waals surface area contributed by atoms with Crippen LogP contribution in [0.15, 0.2) is 4.99 Å². The number of rotatable bonds is 11. The molecule has 6 nitrogen and oxygen atoms in total. The molecule has 2 aliphatic rings. The Bertz CT molecular complexity index is 378. The fourth-order valence-electron chi connectivity index (χ4n) is 3.74. The molecule has 0 bridgehead atoms. The Morgan fingerprint density at radius 2 is 1.81 bits per heavy atom. The summed E-state index contributed by atoms with van der Waals surface area (Å²) in [6, 6.07) is 0. The molecule has 0 aromatic heterocycles. The number of hydrogen-bond acceptors (Lipinski definition) is 4. The number of nitrogens with zero attached hydrogens (tertiary/aromatic N) is 2. The highest BCUT2D eigenvalue weighted by Gasteiger charge is 2.12.